The van der Waals surface area contributed by atoms with E-state index >= 15 is 0 Å². The fourth-order valence-corrected chi connectivity index (χ4v) is 22.8. The van der Waals surface area contributed by atoms with E-state index in [1.54, 1.807) is 0 Å². The molecule has 1 aromatic rings. The van der Waals surface area contributed by atoms with Gasteiger partial charge in [0.15, 0.2) is 0 Å². The molecule has 2 aliphatic heterocycles. The third-order valence-corrected chi connectivity index (χ3v) is 25.1. The van der Waals surface area contributed by atoms with Gasteiger partial charge < -0.3 is 0 Å². The van der Waals surface area contributed by atoms with Crippen molar-refractivity contribution in [3.8, 4) is 0 Å². The summed E-state index contributed by atoms with van der Waals surface area (Å²) in [5, 5.41) is 11.5. The van der Waals surface area contributed by atoms with Gasteiger partial charge in [0, 0.05) is 0 Å². The maximum atomic E-state index is 12.7. The van der Waals surface area contributed by atoms with Gasteiger partial charge in [0.2, 0.25) is 0 Å². The number of hydrogen-bond acceptors (Lipinski definition) is 15. The third-order valence-electron chi connectivity index (χ3n) is 9.67. The van der Waals surface area contributed by atoms with Gasteiger partial charge >= 0.3 is 349 Å². The predicted octanol–water partition coefficient (Wildman–Crippen LogP) is 3.86. The summed E-state index contributed by atoms with van der Waals surface area (Å²) in [6.45, 7) is 11.9. The Hall–Kier alpha value is -2.31. The van der Waals surface area contributed by atoms with Crippen molar-refractivity contribution in [2.24, 2.45) is 0 Å². The molecule has 57 heavy (non-hydrogen) atoms. The Labute approximate surface area is 347 Å². The molecule has 1 aromatic carbocycles. The first-order valence-electron chi connectivity index (χ1n) is 20.0. The first-order chi connectivity index (χ1) is 27.1. The molecule has 2 saturated heterocycles. The Kier molecular flexibility index (Phi) is 21.3. The Balaban J connectivity index is 2.14. The molecule has 0 aliphatic carbocycles. The first kappa shape index (κ1) is 49.1. The molecule has 0 amide bonds. The van der Waals surface area contributed by atoms with Gasteiger partial charge in [0.25, 0.3) is 0 Å². The van der Waals surface area contributed by atoms with Crippen molar-refractivity contribution >= 4 is 68.1 Å². The Morgan fingerprint density at radius 2 is 1.14 bits per heavy atom. The van der Waals surface area contributed by atoms with Crippen LogP contribution < -0.4 is 4.46 Å². The molecule has 2 heterocycles. The monoisotopic (exact) mass is 982 g/mol. The van der Waals surface area contributed by atoms with Crippen molar-refractivity contribution in [1.29, 1.82) is 0 Å². The number of hydrogen-bond donors (Lipinski definition) is 1. The van der Waals surface area contributed by atoms with Gasteiger partial charge in [-0.1, -0.05) is 0 Å². The van der Waals surface area contributed by atoms with E-state index in [9.17, 15) is 29.1 Å². The van der Waals surface area contributed by atoms with Crippen LogP contribution in [0.3, 0.4) is 0 Å². The zero-order chi connectivity index (χ0) is 42.1. The minimum atomic E-state index is -3.25. The van der Waals surface area contributed by atoms with Crippen LogP contribution in [0.1, 0.15) is 93.9 Å². The van der Waals surface area contributed by atoms with Gasteiger partial charge in [0.05, 0.1) is 0 Å². The molecule has 3 rings (SSSR count). The number of rotatable bonds is 22. The van der Waals surface area contributed by atoms with E-state index in [1.165, 1.54) is 13.8 Å². The van der Waals surface area contributed by atoms with E-state index in [4.69, 9.17) is 41.0 Å². The molecule has 2 fully saturated rings. The quantitative estimate of drug-likeness (QED) is 0.100. The summed E-state index contributed by atoms with van der Waals surface area (Å²) >= 11 is -3.74. The number of carbonyl (C=O) groups is 5. The van der Waals surface area contributed by atoms with Crippen LogP contribution in [-0.4, -0.2) is 142 Å². The Morgan fingerprint density at radius 3 is 1.65 bits per heavy atom. The van der Waals surface area contributed by atoms with E-state index < -0.39 is 130 Å². The van der Waals surface area contributed by atoms with Gasteiger partial charge in [-0.2, -0.15) is 0 Å². The van der Waals surface area contributed by atoms with Crippen LogP contribution in [0.4, 0.5) is 0 Å². The molecular weight excluding hydrogens is 918 g/mol. The summed E-state index contributed by atoms with van der Waals surface area (Å²) in [7, 11) is 0. The number of esters is 5. The molecule has 1 N–H and O–H groups in total. The van der Waals surface area contributed by atoms with Gasteiger partial charge in [-0.3, -0.25) is 0 Å². The molecule has 10 atom stereocenters. The van der Waals surface area contributed by atoms with E-state index in [-0.39, 0.29) is 6.61 Å². The van der Waals surface area contributed by atoms with E-state index in [0.29, 0.717) is 0 Å². The van der Waals surface area contributed by atoms with Gasteiger partial charge in [-0.25, -0.2) is 0 Å². The SMILES string of the molecule is CCC[CH2][Sn]([CH2]CCC)([CH2]CCC)[O]C[C@H]1O[C@@H]([Se]c2ccccc2)[C@H](OC(C)=O)[C@@H](O[C@@H]2O[C@H](COC(C)=O)[C@@H](OC(C)=O)[C@H](OC(C)=O)[C@H]2OC(C)=O)[C@@H]1O. The molecule has 0 unspecified atom stereocenters. The van der Waals surface area contributed by atoms with Crippen LogP contribution in [0.5, 0.6) is 0 Å². The van der Waals surface area contributed by atoms with Gasteiger partial charge in [-0.05, 0) is 0 Å². The molecule has 0 spiro atoms. The Morgan fingerprint density at radius 1 is 0.632 bits per heavy atom. The molecule has 322 valence electrons. The maximum absolute atomic E-state index is 12.7. The minimum absolute atomic E-state index is 0.0843. The van der Waals surface area contributed by atoms with E-state index in [2.05, 4.69) is 20.8 Å². The normalized spacial score (nSPS) is 27.5. The van der Waals surface area contributed by atoms with Crippen molar-refractivity contribution in [2.75, 3.05) is 13.2 Å². The van der Waals surface area contributed by atoms with Gasteiger partial charge in [-0.15, -0.1) is 0 Å². The van der Waals surface area contributed by atoms with Crippen molar-refractivity contribution in [3.05, 3.63) is 30.3 Å². The molecule has 0 aromatic heterocycles. The van der Waals surface area contributed by atoms with Crippen LogP contribution in [-0.2, 0) is 64.9 Å². The summed E-state index contributed by atoms with van der Waals surface area (Å²) in [5.74, 6) is -3.74. The number of aliphatic hydroxyl groups excluding tert-OH is 1. The van der Waals surface area contributed by atoms with E-state index in [1.807, 2.05) is 30.3 Å². The molecule has 0 bridgehead atoms. The second-order valence-corrected chi connectivity index (χ2v) is 28.8. The summed E-state index contributed by atoms with van der Waals surface area (Å²) in [5.41, 5.74) is 0. The molecular formula is C40H62O15SeSn. The molecule has 2 aliphatic rings. The third kappa shape index (κ3) is 15.7. The summed E-state index contributed by atoms with van der Waals surface area (Å²) < 4.78 is 58.6. The number of unbranched alkanes of at least 4 members (excludes halogenated alkanes) is 3. The van der Waals surface area contributed by atoms with Crippen LogP contribution in [0, 0.1) is 0 Å². The van der Waals surface area contributed by atoms with Crippen molar-refractivity contribution in [1.82, 2.24) is 0 Å². The summed E-state index contributed by atoms with van der Waals surface area (Å²) in [6.07, 6.45) is -6.07. The number of aliphatic hydroxyl groups is 1. The number of benzene rings is 1. The number of carbonyl (C=O) groups excluding carboxylic acids is 5. The van der Waals surface area contributed by atoms with Gasteiger partial charge in [0.1, 0.15) is 0 Å². The first-order valence-corrected chi connectivity index (χ1v) is 29.0. The second-order valence-electron chi connectivity index (χ2n) is 14.5. The predicted molar refractivity (Wildman–Crippen MR) is 210 cm³/mol. The standard InChI is InChI=1S/C28H35O15Se.3C4H9.Sn/c1-13(30)36-12-20-22(37-14(2)31)24(38-15(3)32)25(39-16(4)33)27(41-20)43-23-21(35)19(11-29)42-28(26(23)40-17(5)34)44-18-9-7-6-8-10-18;3*1-3-4-2;/h6-10,19-28,35H,11-12H2,1-5H3;3*1,3-4H2,2H3;/q-1;;;;+1/t19-,20-,21-,22-,23+,24+,25-,26-,27+,28+;;;;/m1..../s1. The van der Waals surface area contributed by atoms with Crippen LogP contribution in [0.2, 0.25) is 13.3 Å². The summed E-state index contributed by atoms with van der Waals surface area (Å²) in [4.78, 5) is 62.1. The van der Waals surface area contributed by atoms with Crippen molar-refractivity contribution in [2.45, 2.75) is 167 Å². The average molecular weight is 981 g/mol. The van der Waals surface area contributed by atoms with Crippen LogP contribution >= 0.6 is 0 Å². The number of ether oxygens (including phenoxy) is 8. The van der Waals surface area contributed by atoms with Crippen molar-refractivity contribution in [3.63, 3.8) is 0 Å². The summed E-state index contributed by atoms with van der Waals surface area (Å²) in [6, 6.07) is 9.53. The fourth-order valence-electron chi connectivity index (χ4n) is 7.03. The second kappa shape index (κ2) is 24.7. The van der Waals surface area contributed by atoms with E-state index in [0.717, 1.165) is 77.1 Å². The van der Waals surface area contributed by atoms with Crippen LogP contribution in [0.15, 0.2) is 30.3 Å². The molecule has 17 heteroatoms. The molecule has 0 saturated carbocycles. The molecule has 0 radical (unpaired) electrons. The van der Waals surface area contributed by atoms with Crippen molar-refractivity contribution < 1.29 is 70.0 Å². The van der Waals surface area contributed by atoms with Crippen LogP contribution in [0.25, 0.3) is 0 Å². The Bertz CT molecular complexity index is 1410. The zero-order valence-electron chi connectivity index (χ0n) is 34.5. The average Bonchev–Trinajstić information content (AvgIpc) is 3.15. The topological polar surface area (TPSA) is 189 Å². The fraction of sp³-hybridized carbons (Fsp3) is 0.725. The molecule has 15 nitrogen and oxygen atoms in total. The zero-order valence-corrected chi connectivity index (χ0v) is 39.1.